The van der Waals surface area contributed by atoms with Crippen LogP contribution in [0, 0.1) is 0 Å². The van der Waals surface area contributed by atoms with Crippen LogP contribution >= 0.6 is 11.6 Å². The number of aryl methyl sites for hydroxylation is 1. The molecular formula is C16H21ClN4O3S. The summed E-state index contributed by atoms with van der Waals surface area (Å²) >= 11 is 5.84. The number of aromatic nitrogens is 2. The van der Waals surface area contributed by atoms with Gasteiger partial charge in [-0.3, -0.25) is 4.90 Å². The lowest BCUT2D eigenvalue weighted by Gasteiger charge is -2.36. The van der Waals surface area contributed by atoms with Gasteiger partial charge in [-0.05, 0) is 31.2 Å². The van der Waals surface area contributed by atoms with E-state index in [1.165, 1.54) is 16.4 Å². The van der Waals surface area contributed by atoms with Crippen molar-refractivity contribution in [3.05, 3.63) is 41.0 Å². The average molecular weight is 385 g/mol. The Bertz CT molecular complexity index is 814. The standard InChI is InChI=1S/C16H21ClN4O3S/c1-3-15-18-16(24-19-15)12(2)20-8-10-21(11-9-20)25(22,23)14-6-4-13(17)5-7-14/h4-7,12H,3,8-11H2,1-2H3/t12-/m1/s1. The molecule has 7 nitrogen and oxygen atoms in total. The number of hydrogen-bond acceptors (Lipinski definition) is 6. The number of hydrogen-bond donors (Lipinski definition) is 0. The number of nitrogens with zero attached hydrogens (tertiary/aromatic N) is 4. The minimum Gasteiger partial charge on any atom is -0.338 e. The predicted octanol–water partition coefficient (Wildman–Crippen LogP) is 2.35. The first kappa shape index (κ1) is 18.3. The van der Waals surface area contributed by atoms with Crippen molar-refractivity contribution in [3.63, 3.8) is 0 Å². The molecule has 9 heteroatoms. The molecule has 1 aromatic carbocycles. The average Bonchev–Trinajstić information content (AvgIpc) is 3.11. The van der Waals surface area contributed by atoms with Gasteiger partial charge in [-0.2, -0.15) is 9.29 Å². The summed E-state index contributed by atoms with van der Waals surface area (Å²) in [5.74, 6) is 1.26. The third kappa shape index (κ3) is 3.87. The molecular weight excluding hydrogens is 364 g/mol. The zero-order valence-electron chi connectivity index (χ0n) is 14.2. The molecule has 0 saturated carbocycles. The molecule has 1 saturated heterocycles. The van der Waals surface area contributed by atoms with Crippen molar-refractivity contribution >= 4 is 21.6 Å². The van der Waals surface area contributed by atoms with Crippen molar-refractivity contribution in [2.24, 2.45) is 0 Å². The lowest BCUT2D eigenvalue weighted by Crippen LogP contribution is -2.49. The van der Waals surface area contributed by atoms with Crippen LogP contribution in [-0.4, -0.2) is 53.9 Å². The monoisotopic (exact) mass is 384 g/mol. The maximum atomic E-state index is 12.7. The van der Waals surface area contributed by atoms with Gasteiger partial charge in [-0.15, -0.1) is 0 Å². The van der Waals surface area contributed by atoms with E-state index in [-0.39, 0.29) is 10.9 Å². The van der Waals surface area contributed by atoms with Crippen molar-refractivity contribution in [2.45, 2.75) is 31.2 Å². The molecule has 0 radical (unpaired) electrons. The van der Waals surface area contributed by atoms with E-state index in [9.17, 15) is 8.42 Å². The van der Waals surface area contributed by atoms with E-state index >= 15 is 0 Å². The molecule has 2 heterocycles. The molecule has 1 aromatic heterocycles. The Kier molecular flexibility index (Phi) is 5.43. The lowest BCUT2D eigenvalue weighted by atomic mass is 10.2. The highest BCUT2D eigenvalue weighted by atomic mass is 35.5. The third-order valence-electron chi connectivity index (χ3n) is 4.43. The Hall–Kier alpha value is -1.48. The van der Waals surface area contributed by atoms with E-state index in [0.29, 0.717) is 42.9 Å². The fraction of sp³-hybridized carbons (Fsp3) is 0.500. The Morgan fingerprint density at radius 2 is 1.84 bits per heavy atom. The van der Waals surface area contributed by atoms with E-state index in [1.54, 1.807) is 12.1 Å². The number of halogens is 1. The second-order valence-corrected chi connectivity index (χ2v) is 8.35. The van der Waals surface area contributed by atoms with Crippen molar-refractivity contribution in [1.29, 1.82) is 0 Å². The van der Waals surface area contributed by atoms with Gasteiger partial charge in [0.05, 0.1) is 10.9 Å². The van der Waals surface area contributed by atoms with Crippen LogP contribution in [0.2, 0.25) is 5.02 Å². The van der Waals surface area contributed by atoms with Crippen LogP contribution in [0.15, 0.2) is 33.7 Å². The highest BCUT2D eigenvalue weighted by Gasteiger charge is 2.31. The summed E-state index contributed by atoms with van der Waals surface area (Å²) in [5.41, 5.74) is 0. The van der Waals surface area contributed by atoms with E-state index in [2.05, 4.69) is 15.0 Å². The number of sulfonamides is 1. The Morgan fingerprint density at radius 3 is 2.40 bits per heavy atom. The summed E-state index contributed by atoms with van der Waals surface area (Å²) in [6.07, 6.45) is 0.726. The van der Waals surface area contributed by atoms with E-state index in [4.69, 9.17) is 16.1 Å². The van der Waals surface area contributed by atoms with Gasteiger partial charge in [-0.25, -0.2) is 8.42 Å². The smallest absolute Gasteiger partial charge is 0.243 e. The zero-order valence-corrected chi connectivity index (χ0v) is 15.8. The van der Waals surface area contributed by atoms with Gasteiger partial charge in [0.25, 0.3) is 0 Å². The minimum absolute atomic E-state index is 0.0341. The van der Waals surface area contributed by atoms with Gasteiger partial charge in [0.15, 0.2) is 5.82 Å². The summed E-state index contributed by atoms with van der Waals surface area (Å²) in [6.45, 7) is 6.03. The highest BCUT2D eigenvalue weighted by Crippen LogP contribution is 2.24. The molecule has 0 bridgehead atoms. The first-order chi connectivity index (χ1) is 11.9. The fourth-order valence-electron chi connectivity index (χ4n) is 2.82. The molecule has 1 atom stereocenters. The molecule has 3 rings (SSSR count). The second kappa shape index (κ2) is 7.41. The number of piperazine rings is 1. The molecule has 1 aliphatic heterocycles. The molecule has 0 spiro atoms. The van der Waals surface area contributed by atoms with E-state index in [0.717, 1.165) is 6.42 Å². The Labute approximate surface area is 152 Å². The van der Waals surface area contributed by atoms with Gasteiger partial charge in [-0.1, -0.05) is 23.7 Å². The van der Waals surface area contributed by atoms with Gasteiger partial charge >= 0.3 is 0 Å². The molecule has 25 heavy (non-hydrogen) atoms. The number of rotatable bonds is 5. The molecule has 136 valence electrons. The van der Waals surface area contributed by atoms with Crippen molar-refractivity contribution in [2.75, 3.05) is 26.2 Å². The topological polar surface area (TPSA) is 79.5 Å². The van der Waals surface area contributed by atoms with Crippen molar-refractivity contribution in [1.82, 2.24) is 19.3 Å². The molecule has 1 aliphatic rings. The van der Waals surface area contributed by atoms with Gasteiger partial charge in [0.1, 0.15) is 0 Å². The quantitative estimate of drug-likeness (QED) is 0.787. The van der Waals surface area contributed by atoms with Gasteiger partial charge in [0, 0.05) is 37.6 Å². The summed E-state index contributed by atoms with van der Waals surface area (Å²) in [5, 5.41) is 4.44. The Balaban J connectivity index is 1.65. The highest BCUT2D eigenvalue weighted by molar-refractivity contribution is 7.89. The van der Waals surface area contributed by atoms with Gasteiger partial charge in [0.2, 0.25) is 15.9 Å². The molecule has 0 amide bonds. The number of benzene rings is 1. The normalized spacial score (nSPS) is 18.4. The van der Waals surface area contributed by atoms with E-state index in [1.807, 2.05) is 13.8 Å². The van der Waals surface area contributed by atoms with Crippen LogP contribution in [0.5, 0.6) is 0 Å². The zero-order chi connectivity index (χ0) is 18.0. The lowest BCUT2D eigenvalue weighted by molar-refractivity contribution is 0.124. The molecule has 0 aliphatic carbocycles. The van der Waals surface area contributed by atoms with Crippen LogP contribution in [0.3, 0.4) is 0 Å². The second-order valence-electron chi connectivity index (χ2n) is 5.97. The van der Waals surface area contributed by atoms with E-state index < -0.39 is 10.0 Å². The van der Waals surface area contributed by atoms with Crippen LogP contribution < -0.4 is 0 Å². The summed E-state index contributed by atoms with van der Waals surface area (Å²) in [6, 6.07) is 6.23. The summed E-state index contributed by atoms with van der Waals surface area (Å²) in [7, 11) is -3.50. The largest absolute Gasteiger partial charge is 0.338 e. The SMILES string of the molecule is CCc1noc([C@@H](C)N2CCN(S(=O)(=O)c3ccc(Cl)cc3)CC2)n1. The third-order valence-corrected chi connectivity index (χ3v) is 6.59. The fourth-order valence-corrected chi connectivity index (χ4v) is 4.37. The maximum Gasteiger partial charge on any atom is 0.243 e. The van der Waals surface area contributed by atoms with Crippen LogP contribution in [0.1, 0.15) is 31.6 Å². The van der Waals surface area contributed by atoms with Crippen molar-refractivity contribution in [3.8, 4) is 0 Å². The minimum atomic E-state index is -3.50. The first-order valence-electron chi connectivity index (χ1n) is 8.24. The first-order valence-corrected chi connectivity index (χ1v) is 10.1. The van der Waals surface area contributed by atoms with Crippen LogP contribution in [-0.2, 0) is 16.4 Å². The summed E-state index contributed by atoms with van der Waals surface area (Å²) < 4.78 is 32.2. The van der Waals surface area contributed by atoms with Crippen LogP contribution in [0.4, 0.5) is 0 Å². The van der Waals surface area contributed by atoms with Crippen molar-refractivity contribution < 1.29 is 12.9 Å². The molecule has 2 aromatic rings. The molecule has 0 N–H and O–H groups in total. The molecule has 1 fully saturated rings. The van der Waals surface area contributed by atoms with Crippen LogP contribution in [0.25, 0.3) is 0 Å². The predicted molar refractivity (Wildman–Crippen MR) is 93.9 cm³/mol. The Morgan fingerprint density at radius 1 is 1.20 bits per heavy atom. The maximum absolute atomic E-state index is 12.7. The summed E-state index contributed by atoms with van der Waals surface area (Å²) in [4.78, 5) is 6.78. The molecule has 0 unspecified atom stereocenters. The van der Waals surface area contributed by atoms with Gasteiger partial charge < -0.3 is 4.52 Å².